The van der Waals surface area contributed by atoms with Crippen molar-refractivity contribution < 1.29 is 13.9 Å². The number of halogens is 1. The molecule has 1 unspecified atom stereocenters. The van der Waals surface area contributed by atoms with E-state index in [2.05, 4.69) is 32.2 Å². The van der Waals surface area contributed by atoms with Gasteiger partial charge in [-0.1, -0.05) is 36.4 Å². The summed E-state index contributed by atoms with van der Waals surface area (Å²) in [4.78, 5) is 33.5. The molecule has 1 aliphatic rings. The molecule has 0 saturated carbocycles. The maximum atomic E-state index is 12.7. The van der Waals surface area contributed by atoms with Crippen molar-refractivity contribution in [3.8, 4) is 0 Å². The molecule has 1 N–H and O–H groups in total. The van der Waals surface area contributed by atoms with Crippen molar-refractivity contribution in [1.29, 1.82) is 0 Å². The summed E-state index contributed by atoms with van der Waals surface area (Å²) in [5.41, 5.74) is 0.940. The zero-order chi connectivity index (χ0) is 24.2. The van der Waals surface area contributed by atoms with Crippen LogP contribution in [0.1, 0.15) is 6.42 Å². The van der Waals surface area contributed by atoms with Gasteiger partial charge in [0.2, 0.25) is 0 Å². The van der Waals surface area contributed by atoms with Gasteiger partial charge in [0.15, 0.2) is 0 Å². The number of ether oxygens (including phenoxy) is 1. The van der Waals surface area contributed by atoms with Gasteiger partial charge in [-0.2, -0.15) is 0 Å². The molecular formula is C27H29ClN4O4. The van der Waals surface area contributed by atoms with Crippen LogP contribution in [-0.4, -0.2) is 61.7 Å². The number of benzene rings is 2. The first kappa shape index (κ1) is 25.5. The van der Waals surface area contributed by atoms with Gasteiger partial charge in [0.05, 0.1) is 12.8 Å². The van der Waals surface area contributed by atoms with Gasteiger partial charge < -0.3 is 19.4 Å². The number of hydrogen-bond acceptors (Lipinski definition) is 8. The molecule has 9 heteroatoms. The van der Waals surface area contributed by atoms with Crippen molar-refractivity contribution in [2.75, 3.05) is 50.1 Å². The number of nitrogens with one attached hydrogen (secondary N) is 1. The molecule has 1 fully saturated rings. The summed E-state index contributed by atoms with van der Waals surface area (Å²) in [7, 11) is 1.43. The normalized spacial score (nSPS) is 16.0. The van der Waals surface area contributed by atoms with E-state index in [0.717, 1.165) is 53.7 Å². The highest BCUT2D eigenvalue weighted by molar-refractivity contribution is 5.92. The summed E-state index contributed by atoms with van der Waals surface area (Å²) < 4.78 is 10.4. The second kappa shape index (κ2) is 11.4. The molecule has 2 aromatic heterocycles. The van der Waals surface area contributed by atoms with Crippen molar-refractivity contribution in [1.82, 2.24) is 9.88 Å². The number of piperazine rings is 1. The third-order valence-electron chi connectivity index (χ3n) is 6.50. The maximum absolute atomic E-state index is 12.7. The Hall–Kier alpha value is -3.62. The van der Waals surface area contributed by atoms with Crippen molar-refractivity contribution >= 4 is 51.6 Å². The van der Waals surface area contributed by atoms with E-state index in [1.807, 2.05) is 42.6 Å². The van der Waals surface area contributed by atoms with Crippen LogP contribution in [0.25, 0.3) is 21.7 Å². The molecule has 8 nitrogen and oxygen atoms in total. The second-order valence-corrected chi connectivity index (χ2v) is 8.63. The highest BCUT2D eigenvalue weighted by Gasteiger charge is 2.33. The highest BCUT2D eigenvalue weighted by Crippen LogP contribution is 2.27. The molecule has 0 spiro atoms. The van der Waals surface area contributed by atoms with Crippen LogP contribution < -0.4 is 15.8 Å². The van der Waals surface area contributed by atoms with Crippen molar-refractivity contribution in [2.24, 2.45) is 0 Å². The number of anilines is 2. The van der Waals surface area contributed by atoms with Gasteiger partial charge in [-0.3, -0.25) is 9.69 Å². The van der Waals surface area contributed by atoms with Crippen LogP contribution in [-0.2, 0) is 9.53 Å². The minimum Gasteiger partial charge on any atom is -0.468 e. The smallest absolute Gasteiger partial charge is 0.338 e. The van der Waals surface area contributed by atoms with E-state index in [4.69, 9.17) is 9.15 Å². The lowest BCUT2D eigenvalue weighted by Gasteiger charge is -2.40. The zero-order valence-electron chi connectivity index (χ0n) is 20.1. The lowest BCUT2D eigenvalue weighted by molar-refractivity contribution is -0.147. The number of para-hydroxylation sites is 1. The average Bonchev–Trinajstić information content (AvgIpc) is 2.90. The Bertz CT molecular complexity index is 1400. The number of aromatic nitrogens is 1. The number of pyridine rings is 1. The molecule has 0 radical (unpaired) electrons. The van der Waals surface area contributed by atoms with Crippen molar-refractivity contribution in [2.45, 2.75) is 12.5 Å². The first-order chi connectivity index (χ1) is 17.1. The Balaban J connectivity index is 0.00000304. The first-order valence-electron chi connectivity index (χ1n) is 11.8. The van der Waals surface area contributed by atoms with Gasteiger partial charge in [-0.25, -0.2) is 9.78 Å². The van der Waals surface area contributed by atoms with Crippen LogP contribution in [0.5, 0.6) is 0 Å². The molecule has 1 aliphatic heterocycles. The molecule has 36 heavy (non-hydrogen) atoms. The van der Waals surface area contributed by atoms with E-state index in [1.165, 1.54) is 13.2 Å². The Morgan fingerprint density at radius 3 is 2.72 bits per heavy atom. The molecule has 3 heterocycles. The minimum absolute atomic E-state index is 0. The topological polar surface area (TPSA) is 87.9 Å². The summed E-state index contributed by atoms with van der Waals surface area (Å²) in [6.45, 7) is 3.40. The quantitative estimate of drug-likeness (QED) is 0.228. The lowest BCUT2D eigenvalue weighted by atomic mass is 10.1. The zero-order valence-corrected chi connectivity index (χ0v) is 20.9. The molecule has 1 atom stereocenters. The average molecular weight is 509 g/mol. The number of nitrogens with zero attached hydrogens (tertiary/aromatic N) is 3. The van der Waals surface area contributed by atoms with Crippen LogP contribution in [0, 0.1) is 0 Å². The van der Waals surface area contributed by atoms with E-state index in [-0.39, 0.29) is 30.0 Å². The SMILES string of the molecule is COC(=O)C1CN(c2nccc3ccccc23)CCN1CCCNc1cc(=O)oc2ccccc12.Cl. The Labute approximate surface area is 215 Å². The van der Waals surface area contributed by atoms with Gasteiger partial charge in [-0.05, 0) is 30.0 Å². The molecule has 4 aromatic rings. The Kier molecular flexibility index (Phi) is 8.07. The molecule has 1 saturated heterocycles. The predicted molar refractivity (Wildman–Crippen MR) is 144 cm³/mol. The largest absolute Gasteiger partial charge is 0.468 e. The second-order valence-electron chi connectivity index (χ2n) is 8.63. The summed E-state index contributed by atoms with van der Waals surface area (Å²) in [6, 6.07) is 18.7. The van der Waals surface area contributed by atoms with Crippen LogP contribution in [0.2, 0.25) is 0 Å². The van der Waals surface area contributed by atoms with Crippen LogP contribution in [0.4, 0.5) is 11.5 Å². The van der Waals surface area contributed by atoms with Gasteiger partial charge in [-0.15, -0.1) is 12.4 Å². The van der Waals surface area contributed by atoms with Gasteiger partial charge in [0, 0.05) is 55.8 Å². The third kappa shape index (κ3) is 5.29. The molecule has 188 valence electrons. The summed E-state index contributed by atoms with van der Waals surface area (Å²) >= 11 is 0. The van der Waals surface area contributed by atoms with E-state index in [0.29, 0.717) is 18.7 Å². The van der Waals surface area contributed by atoms with Gasteiger partial charge in [0.25, 0.3) is 0 Å². The molecule has 0 bridgehead atoms. The standard InChI is InChI=1S/C27H28N4O4.ClH/c1-34-27(33)23-18-31(26-20-8-3-2-7-19(20)11-13-29-26)16-15-30(23)14-6-12-28-22-17-25(32)35-24-10-5-4-9-21(22)24;/h2-5,7-11,13,17,23,28H,6,12,14-16,18H2,1H3;1H. The van der Waals surface area contributed by atoms with E-state index in [9.17, 15) is 9.59 Å². The van der Waals surface area contributed by atoms with Crippen molar-refractivity contribution in [3.05, 3.63) is 77.3 Å². The van der Waals surface area contributed by atoms with E-state index in [1.54, 1.807) is 6.07 Å². The fourth-order valence-electron chi connectivity index (χ4n) is 4.76. The third-order valence-corrected chi connectivity index (χ3v) is 6.50. The number of carbonyl (C=O) groups is 1. The predicted octanol–water partition coefficient (Wildman–Crippen LogP) is 3.93. The minimum atomic E-state index is -0.380. The molecule has 5 rings (SSSR count). The molecule has 0 amide bonds. The number of fused-ring (bicyclic) bond motifs is 2. The van der Waals surface area contributed by atoms with Crippen LogP contribution in [0.15, 0.2) is 76.1 Å². The number of rotatable bonds is 7. The monoisotopic (exact) mass is 508 g/mol. The fraction of sp³-hybridized carbons (Fsp3) is 0.296. The summed E-state index contributed by atoms with van der Waals surface area (Å²) in [5, 5.41) is 6.44. The van der Waals surface area contributed by atoms with E-state index < -0.39 is 0 Å². The van der Waals surface area contributed by atoms with E-state index >= 15 is 0 Å². The number of methoxy groups -OCH3 is 1. The molecular weight excluding hydrogens is 480 g/mol. The lowest BCUT2D eigenvalue weighted by Crippen LogP contribution is -2.57. The Morgan fingerprint density at radius 2 is 1.89 bits per heavy atom. The summed E-state index contributed by atoms with van der Waals surface area (Å²) in [6.07, 6.45) is 2.62. The van der Waals surface area contributed by atoms with Crippen molar-refractivity contribution in [3.63, 3.8) is 0 Å². The molecule has 2 aromatic carbocycles. The first-order valence-corrected chi connectivity index (χ1v) is 11.8. The van der Waals surface area contributed by atoms with Crippen LogP contribution in [0.3, 0.4) is 0 Å². The maximum Gasteiger partial charge on any atom is 0.338 e. The fourth-order valence-corrected chi connectivity index (χ4v) is 4.76. The van der Waals surface area contributed by atoms with Crippen LogP contribution >= 0.6 is 12.4 Å². The highest BCUT2D eigenvalue weighted by atomic mass is 35.5. The number of hydrogen-bond donors (Lipinski definition) is 1. The molecule has 0 aliphatic carbocycles. The van der Waals surface area contributed by atoms with Gasteiger partial charge in [0.1, 0.15) is 17.4 Å². The Morgan fingerprint density at radius 1 is 1.11 bits per heavy atom. The number of esters is 1. The number of carbonyl (C=O) groups excluding carboxylic acids is 1. The summed E-state index contributed by atoms with van der Waals surface area (Å²) in [5.74, 6) is 0.655. The van der Waals surface area contributed by atoms with Gasteiger partial charge >= 0.3 is 11.6 Å².